The van der Waals surface area contributed by atoms with Crippen molar-refractivity contribution in [1.29, 1.82) is 0 Å². The summed E-state index contributed by atoms with van der Waals surface area (Å²) in [5.41, 5.74) is 1.85. The van der Waals surface area contributed by atoms with Gasteiger partial charge in [-0.25, -0.2) is 4.39 Å². The minimum Gasteiger partial charge on any atom is -0.495 e. The van der Waals surface area contributed by atoms with E-state index in [0.29, 0.717) is 46.6 Å². The third-order valence-electron chi connectivity index (χ3n) is 8.01. The number of hydrogen-bond donors (Lipinski definition) is 3. The topological polar surface area (TPSA) is 106 Å². The molecule has 10 nitrogen and oxygen atoms in total. The summed E-state index contributed by atoms with van der Waals surface area (Å²) in [7, 11) is 4.75. The lowest BCUT2D eigenvalue weighted by Crippen LogP contribution is -2.46. The molecule has 1 aromatic heterocycles. The molecule has 2 heterocycles. The van der Waals surface area contributed by atoms with Crippen molar-refractivity contribution in [2.45, 2.75) is 51.3 Å². The number of rotatable bonds is 13. The molecule has 0 bridgehead atoms. The van der Waals surface area contributed by atoms with Gasteiger partial charge in [0.15, 0.2) is 0 Å². The number of amides is 1. The summed E-state index contributed by atoms with van der Waals surface area (Å²) < 4.78 is 72.8. The van der Waals surface area contributed by atoms with Crippen molar-refractivity contribution in [3.8, 4) is 17.6 Å². The number of nitrogens with one attached hydrogen (secondary N) is 3. The summed E-state index contributed by atoms with van der Waals surface area (Å²) >= 11 is 0. The zero-order chi connectivity index (χ0) is 35.7. The highest BCUT2D eigenvalue weighted by molar-refractivity contribution is 5.95. The van der Waals surface area contributed by atoms with Gasteiger partial charge in [0.2, 0.25) is 0 Å². The van der Waals surface area contributed by atoms with Gasteiger partial charge in [-0.2, -0.15) is 13.2 Å². The largest absolute Gasteiger partial charge is 0.495 e. The van der Waals surface area contributed by atoms with Crippen LogP contribution in [0.2, 0.25) is 0 Å². The second-order valence-corrected chi connectivity index (χ2v) is 12.2. The summed E-state index contributed by atoms with van der Waals surface area (Å²) in [6.07, 6.45) is -5.71. The standard InChI is InChI=1S/C35H43F4N5O5/c1-22(2)34(46)49-25(20-47-4)18-41-33(45)23-11-12-30(32(16-23)48-5)40-14-7-8-24-17-26-28(42-29-13-15-43(3)19-27(29)36)9-6-10-31(26)44(24)21-35(37,38)39/h6,9-12,16-17,22,25,27,29,40,42H,13-15,18-21H2,1-5H3,(H,41,45)/t25?,27-,29?/m0/s1. The number of aromatic nitrogens is 1. The lowest BCUT2D eigenvalue weighted by Gasteiger charge is -2.33. The number of benzene rings is 2. The highest BCUT2D eigenvalue weighted by Crippen LogP contribution is 2.32. The number of methoxy groups -OCH3 is 2. The van der Waals surface area contributed by atoms with Crippen LogP contribution in [0, 0.1) is 17.8 Å². The van der Waals surface area contributed by atoms with Crippen LogP contribution in [0.3, 0.4) is 0 Å². The van der Waals surface area contributed by atoms with Gasteiger partial charge in [-0.1, -0.05) is 25.8 Å². The lowest BCUT2D eigenvalue weighted by molar-refractivity contribution is -0.155. The van der Waals surface area contributed by atoms with Crippen molar-refractivity contribution in [3.05, 3.63) is 53.7 Å². The number of alkyl halides is 4. The molecule has 4 rings (SSSR count). The lowest BCUT2D eigenvalue weighted by atomic mass is 10.0. The first-order valence-electron chi connectivity index (χ1n) is 16.0. The quantitative estimate of drug-likeness (QED) is 0.130. The second kappa shape index (κ2) is 16.8. The number of nitrogens with zero attached hydrogens (tertiary/aromatic N) is 2. The number of halogens is 4. The van der Waals surface area contributed by atoms with Crippen LogP contribution in [-0.4, -0.2) is 99.9 Å². The number of likely N-dealkylation sites (tertiary alicyclic amines) is 1. The molecule has 3 aromatic rings. The molecule has 266 valence electrons. The van der Waals surface area contributed by atoms with E-state index in [1.807, 2.05) is 11.9 Å². The van der Waals surface area contributed by atoms with Crippen LogP contribution in [0.4, 0.5) is 28.9 Å². The van der Waals surface area contributed by atoms with E-state index in [2.05, 4.69) is 27.8 Å². The number of carbonyl (C=O) groups is 2. The van der Waals surface area contributed by atoms with Crippen LogP contribution in [0.15, 0.2) is 42.5 Å². The number of piperidine rings is 1. The Morgan fingerprint density at radius 1 is 1.10 bits per heavy atom. The van der Waals surface area contributed by atoms with Gasteiger partial charge in [0.25, 0.3) is 5.91 Å². The van der Waals surface area contributed by atoms with E-state index in [4.69, 9.17) is 14.2 Å². The van der Waals surface area contributed by atoms with E-state index >= 15 is 0 Å². The van der Waals surface area contributed by atoms with Crippen LogP contribution >= 0.6 is 0 Å². The van der Waals surface area contributed by atoms with Crippen LogP contribution in [0.5, 0.6) is 5.75 Å². The van der Waals surface area contributed by atoms with Gasteiger partial charge in [0, 0.05) is 36.8 Å². The number of esters is 1. The maximum atomic E-state index is 14.8. The van der Waals surface area contributed by atoms with Gasteiger partial charge in [-0.05, 0) is 55.8 Å². The fourth-order valence-corrected chi connectivity index (χ4v) is 5.46. The molecule has 0 saturated carbocycles. The van der Waals surface area contributed by atoms with Gasteiger partial charge in [0.1, 0.15) is 24.6 Å². The van der Waals surface area contributed by atoms with Gasteiger partial charge in [-0.15, -0.1) is 0 Å². The molecule has 0 spiro atoms. The summed E-state index contributed by atoms with van der Waals surface area (Å²) in [4.78, 5) is 26.7. The molecule has 2 aromatic carbocycles. The molecule has 3 N–H and O–H groups in total. The molecule has 1 saturated heterocycles. The Balaban J connectivity index is 1.47. The molecule has 1 fully saturated rings. The predicted octanol–water partition coefficient (Wildman–Crippen LogP) is 5.07. The van der Waals surface area contributed by atoms with Crippen molar-refractivity contribution in [1.82, 2.24) is 14.8 Å². The Morgan fingerprint density at radius 2 is 1.88 bits per heavy atom. The number of carbonyl (C=O) groups excluding carboxylic acids is 2. The highest BCUT2D eigenvalue weighted by atomic mass is 19.4. The molecule has 3 atom stereocenters. The van der Waals surface area contributed by atoms with Gasteiger partial charge < -0.3 is 39.6 Å². The fraction of sp³-hybridized carbons (Fsp3) is 0.486. The van der Waals surface area contributed by atoms with E-state index in [1.165, 1.54) is 20.3 Å². The molecule has 14 heteroatoms. The third-order valence-corrected chi connectivity index (χ3v) is 8.01. The SMILES string of the molecule is COCC(CNC(=O)c1ccc(NCC#Cc2cc3c(NC4CCN(C)C[C@@H]4F)cccc3n2CC(F)(F)F)c(OC)c1)OC(=O)C(C)C. The zero-order valence-electron chi connectivity index (χ0n) is 28.2. The van der Waals surface area contributed by atoms with Crippen LogP contribution in [0.25, 0.3) is 10.9 Å². The normalized spacial score (nSPS) is 17.3. The highest BCUT2D eigenvalue weighted by Gasteiger charge is 2.31. The van der Waals surface area contributed by atoms with E-state index in [9.17, 15) is 27.2 Å². The van der Waals surface area contributed by atoms with Crippen molar-refractivity contribution >= 4 is 34.2 Å². The Hall–Kier alpha value is -4.48. The first-order valence-corrected chi connectivity index (χ1v) is 16.0. The number of anilines is 2. The fourth-order valence-electron chi connectivity index (χ4n) is 5.46. The smallest absolute Gasteiger partial charge is 0.406 e. The minimum absolute atomic E-state index is 0.0419. The molecule has 49 heavy (non-hydrogen) atoms. The van der Waals surface area contributed by atoms with E-state index in [0.717, 1.165) is 4.57 Å². The van der Waals surface area contributed by atoms with Gasteiger partial charge >= 0.3 is 12.1 Å². The molecular formula is C35H43F4N5O5. The molecule has 1 amide bonds. The second-order valence-electron chi connectivity index (χ2n) is 12.2. The Labute approximate surface area is 283 Å². The van der Waals surface area contributed by atoms with E-state index < -0.39 is 42.9 Å². The maximum Gasteiger partial charge on any atom is 0.406 e. The molecule has 0 aliphatic carbocycles. The first kappa shape index (κ1) is 37.3. The minimum atomic E-state index is -4.49. The molecular weight excluding hydrogens is 646 g/mol. The van der Waals surface area contributed by atoms with Crippen molar-refractivity contribution < 1.29 is 41.4 Å². The van der Waals surface area contributed by atoms with Crippen LogP contribution < -0.4 is 20.7 Å². The Kier molecular flexibility index (Phi) is 12.8. The molecule has 1 aliphatic rings. The van der Waals surface area contributed by atoms with Gasteiger partial charge in [-0.3, -0.25) is 9.59 Å². The zero-order valence-corrected chi connectivity index (χ0v) is 28.2. The summed E-state index contributed by atoms with van der Waals surface area (Å²) in [5.74, 6) is 4.93. The van der Waals surface area contributed by atoms with Crippen molar-refractivity contribution in [3.63, 3.8) is 0 Å². The van der Waals surface area contributed by atoms with Gasteiger partial charge in [0.05, 0.1) is 55.7 Å². The van der Waals surface area contributed by atoms with Crippen molar-refractivity contribution in [2.24, 2.45) is 5.92 Å². The van der Waals surface area contributed by atoms with Crippen molar-refractivity contribution in [2.75, 3.05) is 64.7 Å². The summed E-state index contributed by atoms with van der Waals surface area (Å²) in [6.45, 7) is 3.38. The van der Waals surface area contributed by atoms with Crippen LogP contribution in [-0.2, 0) is 20.8 Å². The monoisotopic (exact) mass is 689 g/mol. The van der Waals surface area contributed by atoms with Crippen LogP contribution in [0.1, 0.15) is 36.3 Å². The molecule has 0 radical (unpaired) electrons. The average molecular weight is 690 g/mol. The van der Waals surface area contributed by atoms with E-state index in [1.54, 1.807) is 50.2 Å². The average Bonchev–Trinajstić information content (AvgIpc) is 3.39. The van der Waals surface area contributed by atoms with E-state index in [-0.39, 0.29) is 37.9 Å². The number of hydrogen-bond acceptors (Lipinski definition) is 8. The molecule has 2 unspecified atom stereocenters. The maximum absolute atomic E-state index is 14.8. The predicted molar refractivity (Wildman–Crippen MR) is 180 cm³/mol. The number of ether oxygens (including phenoxy) is 3. The molecule has 1 aliphatic heterocycles. The Bertz CT molecular complexity index is 1670. The first-order chi connectivity index (χ1) is 23.3. The third kappa shape index (κ3) is 10.3. The summed E-state index contributed by atoms with van der Waals surface area (Å²) in [5, 5.41) is 9.55. The Morgan fingerprint density at radius 3 is 2.55 bits per heavy atom. The summed E-state index contributed by atoms with van der Waals surface area (Å²) in [6, 6.07) is 10.8. The number of fused-ring (bicyclic) bond motifs is 1.